The van der Waals surface area contributed by atoms with Gasteiger partial charge < -0.3 is 4.42 Å². The Balaban J connectivity index is 2.36. The minimum atomic E-state index is -0.662. The largest absolute Gasteiger partial charge is 0.466 e. The van der Waals surface area contributed by atoms with E-state index in [1.54, 1.807) is 18.4 Å². The Hall–Kier alpha value is -0.760. The lowest BCUT2D eigenvalue weighted by Crippen LogP contribution is -1.92. The smallest absolute Gasteiger partial charge is 0.150 e. The van der Waals surface area contributed by atoms with Crippen LogP contribution in [-0.2, 0) is 5.11 Å². The van der Waals surface area contributed by atoms with Gasteiger partial charge in [0, 0.05) is 0 Å². The quantitative estimate of drug-likeness (QED) is 0.654. The standard InChI is InChI=1S/C9H13O2/c1-2-3-5-8(10)9-6-4-7-11-9/h4,6-8H,2-3,5H2,1H3. The van der Waals surface area contributed by atoms with E-state index in [1.807, 2.05) is 0 Å². The van der Waals surface area contributed by atoms with Crippen molar-refractivity contribution < 1.29 is 9.52 Å². The molecule has 0 amide bonds. The Bertz CT molecular complexity index is 179. The topological polar surface area (TPSA) is 33.0 Å². The number of hydrogen-bond donors (Lipinski definition) is 0. The minimum absolute atomic E-state index is 0.568. The van der Waals surface area contributed by atoms with Crippen molar-refractivity contribution >= 4 is 0 Å². The molecule has 2 nitrogen and oxygen atoms in total. The molecule has 0 aliphatic carbocycles. The molecule has 1 aromatic heterocycles. The Labute approximate surface area is 66.8 Å². The van der Waals surface area contributed by atoms with E-state index in [2.05, 4.69) is 6.92 Å². The van der Waals surface area contributed by atoms with Gasteiger partial charge in [0.1, 0.15) is 5.76 Å². The molecule has 1 atom stereocenters. The maximum absolute atomic E-state index is 11.3. The second kappa shape index (κ2) is 4.19. The van der Waals surface area contributed by atoms with Crippen LogP contribution in [0.3, 0.4) is 0 Å². The number of hydrogen-bond acceptors (Lipinski definition) is 1. The fraction of sp³-hybridized carbons (Fsp3) is 0.556. The second-order valence-electron chi connectivity index (χ2n) is 2.65. The van der Waals surface area contributed by atoms with Crippen molar-refractivity contribution in [3.8, 4) is 0 Å². The van der Waals surface area contributed by atoms with Gasteiger partial charge in [-0.3, -0.25) is 0 Å². The van der Waals surface area contributed by atoms with Crippen LogP contribution in [0, 0.1) is 0 Å². The Kier molecular flexibility index (Phi) is 3.17. The molecule has 1 unspecified atom stereocenters. The van der Waals surface area contributed by atoms with E-state index < -0.39 is 6.10 Å². The van der Waals surface area contributed by atoms with Crippen molar-refractivity contribution in [2.45, 2.75) is 32.3 Å². The molecule has 0 saturated carbocycles. The van der Waals surface area contributed by atoms with Crippen molar-refractivity contribution in [2.75, 3.05) is 0 Å². The number of unbranched alkanes of at least 4 members (excludes halogenated alkanes) is 1. The Morgan fingerprint density at radius 1 is 1.64 bits per heavy atom. The van der Waals surface area contributed by atoms with E-state index in [0.717, 1.165) is 12.8 Å². The third-order valence-electron chi connectivity index (χ3n) is 1.68. The normalized spacial score (nSPS) is 13.3. The average molecular weight is 153 g/mol. The summed E-state index contributed by atoms with van der Waals surface area (Å²) in [7, 11) is 0. The maximum Gasteiger partial charge on any atom is 0.150 e. The highest BCUT2D eigenvalue weighted by atomic mass is 16.4. The van der Waals surface area contributed by atoms with Crippen LogP contribution >= 0.6 is 0 Å². The molecule has 0 aliphatic rings. The Morgan fingerprint density at radius 2 is 2.45 bits per heavy atom. The van der Waals surface area contributed by atoms with Crippen molar-refractivity contribution in [2.24, 2.45) is 0 Å². The SMILES string of the molecule is CCCCC([O])c1ccco1. The summed E-state index contributed by atoms with van der Waals surface area (Å²) in [5, 5.41) is 11.3. The van der Waals surface area contributed by atoms with Gasteiger partial charge >= 0.3 is 0 Å². The molecule has 2 heteroatoms. The molecule has 0 spiro atoms. The molecule has 0 saturated heterocycles. The van der Waals surface area contributed by atoms with Gasteiger partial charge in [-0.1, -0.05) is 19.8 Å². The minimum Gasteiger partial charge on any atom is -0.466 e. The lowest BCUT2D eigenvalue weighted by atomic mass is 10.1. The van der Waals surface area contributed by atoms with E-state index in [1.165, 1.54) is 0 Å². The van der Waals surface area contributed by atoms with E-state index in [-0.39, 0.29) is 0 Å². The molecule has 0 aromatic carbocycles. The van der Waals surface area contributed by atoms with Crippen molar-refractivity contribution in [3.05, 3.63) is 24.2 Å². The highest BCUT2D eigenvalue weighted by molar-refractivity contribution is 5.01. The van der Waals surface area contributed by atoms with Gasteiger partial charge in [-0.2, -0.15) is 0 Å². The molecule has 1 radical (unpaired) electrons. The van der Waals surface area contributed by atoms with Crippen LogP contribution in [0.25, 0.3) is 0 Å². The molecule has 0 N–H and O–H groups in total. The molecule has 0 aliphatic heterocycles. The summed E-state index contributed by atoms with van der Waals surface area (Å²) in [6.07, 6.45) is 3.62. The van der Waals surface area contributed by atoms with Gasteiger partial charge in [-0.15, -0.1) is 0 Å². The number of furan rings is 1. The summed E-state index contributed by atoms with van der Waals surface area (Å²) in [5.41, 5.74) is 0. The summed E-state index contributed by atoms with van der Waals surface area (Å²) >= 11 is 0. The van der Waals surface area contributed by atoms with Gasteiger partial charge in [-0.25, -0.2) is 5.11 Å². The third-order valence-corrected chi connectivity index (χ3v) is 1.68. The first-order valence-corrected chi connectivity index (χ1v) is 4.03. The van der Waals surface area contributed by atoms with Gasteiger partial charge in [0.15, 0.2) is 6.10 Å². The zero-order chi connectivity index (χ0) is 8.10. The predicted octanol–water partition coefficient (Wildman–Crippen LogP) is 2.94. The monoisotopic (exact) mass is 153 g/mol. The fourth-order valence-electron chi connectivity index (χ4n) is 1.01. The molecule has 11 heavy (non-hydrogen) atoms. The molecule has 0 bridgehead atoms. The van der Waals surface area contributed by atoms with Crippen LogP contribution in [0.1, 0.15) is 38.1 Å². The first-order chi connectivity index (χ1) is 5.34. The molecular formula is C9H13O2. The van der Waals surface area contributed by atoms with Gasteiger partial charge in [0.05, 0.1) is 6.26 Å². The van der Waals surface area contributed by atoms with Crippen molar-refractivity contribution in [1.82, 2.24) is 0 Å². The van der Waals surface area contributed by atoms with Crippen molar-refractivity contribution in [3.63, 3.8) is 0 Å². The molecule has 1 heterocycles. The molecular weight excluding hydrogens is 140 g/mol. The zero-order valence-corrected chi connectivity index (χ0v) is 6.75. The van der Waals surface area contributed by atoms with Gasteiger partial charge in [0.2, 0.25) is 0 Å². The fourth-order valence-corrected chi connectivity index (χ4v) is 1.01. The van der Waals surface area contributed by atoms with Gasteiger partial charge in [-0.05, 0) is 18.6 Å². The van der Waals surface area contributed by atoms with Gasteiger partial charge in [0.25, 0.3) is 0 Å². The first-order valence-electron chi connectivity index (χ1n) is 4.03. The lowest BCUT2D eigenvalue weighted by Gasteiger charge is -2.02. The second-order valence-corrected chi connectivity index (χ2v) is 2.65. The summed E-state index contributed by atoms with van der Waals surface area (Å²) in [4.78, 5) is 0. The lowest BCUT2D eigenvalue weighted by molar-refractivity contribution is 0.0598. The van der Waals surface area contributed by atoms with Crippen LogP contribution in [0.5, 0.6) is 0 Å². The van der Waals surface area contributed by atoms with E-state index >= 15 is 0 Å². The van der Waals surface area contributed by atoms with Crippen LogP contribution in [0.15, 0.2) is 22.8 Å². The van der Waals surface area contributed by atoms with Crippen LogP contribution < -0.4 is 0 Å². The third kappa shape index (κ3) is 2.39. The summed E-state index contributed by atoms with van der Waals surface area (Å²) in [6, 6.07) is 3.50. The summed E-state index contributed by atoms with van der Waals surface area (Å²) in [6.45, 7) is 2.08. The summed E-state index contributed by atoms with van der Waals surface area (Å²) < 4.78 is 4.98. The van der Waals surface area contributed by atoms with E-state index in [0.29, 0.717) is 12.2 Å². The van der Waals surface area contributed by atoms with Crippen LogP contribution in [-0.4, -0.2) is 0 Å². The van der Waals surface area contributed by atoms with E-state index in [4.69, 9.17) is 4.42 Å². The number of rotatable bonds is 4. The summed E-state index contributed by atoms with van der Waals surface area (Å²) in [5.74, 6) is 0.568. The Morgan fingerprint density at radius 3 is 3.00 bits per heavy atom. The molecule has 1 rings (SSSR count). The highest BCUT2D eigenvalue weighted by Gasteiger charge is 2.10. The highest BCUT2D eigenvalue weighted by Crippen LogP contribution is 2.19. The average Bonchev–Trinajstić information content (AvgIpc) is 2.52. The first kappa shape index (κ1) is 8.34. The predicted molar refractivity (Wildman–Crippen MR) is 41.7 cm³/mol. The molecule has 61 valence electrons. The molecule has 0 fully saturated rings. The van der Waals surface area contributed by atoms with Crippen molar-refractivity contribution in [1.29, 1.82) is 0 Å². The van der Waals surface area contributed by atoms with E-state index in [9.17, 15) is 5.11 Å². The van der Waals surface area contributed by atoms with Crippen LogP contribution in [0.4, 0.5) is 0 Å². The zero-order valence-electron chi connectivity index (χ0n) is 6.75. The maximum atomic E-state index is 11.3. The molecule has 1 aromatic rings. The van der Waals surface area contributed by atoms with Crippen LogP contribution in [0.2, 0.25) is 0 Å².